The monoisotopic (exact) mass is 637 g/mol. The third kappa shape index (κ3) is 8.50. The van der Waals surface area contributed by atoms with Gasteiger partial charge in [0.25, 0.3) is 5.91 Å². The Balaban J connectivity index is 1.23. The van der Waals surface area contributed by atoms with E-state index in [4.69, 9.17) is 19.3 Å². The fraction of sp³-hybridized carbons (Fsp3) is 0.378. The quantitative estimate of drug-likeness (QED) is 0.175. The molecule has 1 fully saturated rings. The van der Waals surface area contributed by atoms with Crippen molar-refractivity contribution in [1.29, 1.82) is 5.26 Å². The van der Waals surface area contributed by atoms with Crippen molar-refractivity contribution >= 4 is 5.91 Å². The Morgan fingerprint density at radius 1 is 0.957 bits per heavy atom. The highest BCUT2D eigenvalue weighted by Gasteiger charge is 2.26. The van der Waals surface area contributed by atoms with E-state index in [0.717, 1.165) is 48.6 Å². The molecule has 1 aliphatic rings. The molecule has 0 unspecified atom stereocenters. The van der Waals surface area contributed by atoms with Crippen molar-refractivity contribution < 1.29 is 24.1 Å². The molecule has 1 N–H and O–H groups in total. The number of ether oxygens (including phenoxy) is 3. The molecule has 0 atom stereocenters. The summed E-state index contributed by atoms with van der Waals surface area (Å²) in [6.07, 6.45) is 3.91. The van der Waals surface area contributed by atoms with Gasteiger partial charge in [0.15, 0.2) is 0 Å². The minimum Gasteiger partial charge on any atom is -0.492 e. The number of imidazole rings is 1. The third-order valence-electron chi connectivity index (χ3n) is 8.27. The minimum absolute atomic E-state index is 0.0176. The molecule has 5 rings (SSSR count). The Bertz CT molecular complexity index is 1700. The number of nitriles is 1. The predicted molar refractivity (Wildman–Crippen MR) is 179 cm³/mol. The molecule has 1 saturated heterocycles. The maximum atomic E-state index is 13.5. The molecule has 0 radical (unpaired) electrons. The zero-order chi connectivity index (χ0) is 33.2. The van der Waals surface area contributed by atoms with E-state index in [1.54, 1.807) is 30.3 Å². The number of hydrogen-bond acceptors (Lipinski definition) is 8. The van der Waals surface area contributed by atoms with Gasteiger partial charge in [-0.1, -0.05) is 37.6 Å². The van der Waals surface area contributed by atoms with Crippen LogP contribution in [0.3, 0.4) is 0 Å². The van der Waals surface area contributed by atoms with E-state index in [2.05, 4.69) is 27.4 Å². The van der Waals surface area contributed by atoms with Crippen LogP contribution in [-0.2, 0) is 13.1 Å². The number of carbonyl (C=O) groups excluding carboxylic acids is 1. The van der Waals surface area contributed by atoms with Crippen LogP contribution in [0, 0.1) is 25.2 Å². The first kappa shape index (κ1) is 33.5. The van der Waals surface area contributed by atoms with Gasteiger partial charge in [0.2, 0.25) is 0 Å². The van der Waals surface area contributed by atoms with Gasteiger partial charge in [-0.05, 0) is 61.7 Å². The third-order valence-corrected chi connectivity index (χ3v) is 8.27. The van der Waals surface area contributed by atoms with Crippen LogP contribution >= 0.6 is 0 Å². The number of amides is 1. The summed E-state index contributed by atoms with van der Waals surface area (Å²) in [6.45, 7) is 10.9. The molecular formula is C37H43N5O5. The van der Waals surface area contributed by atoms with E-state index in [-0.39, 0.29) is 19.1 Å². The highest BCUT2D eigenvalue weighted by molar-refractivity contribution is 5.97. The zero-order valence-corrected chi connectivity index (χ0v) is 27.4. The first-order valence-corrected chi connectivity index (χ1v) is 16.2. The molecule has 47 heavy (non-hydrogen) atoms. The van der Waals surface area contributed by atoms with Gasteiger partial charge in [0.05, 0.1) is 30.0 Å². The lowest BCUT2D eigenvalue weighted by Gasteiger charge is -2.35. The highest BCUT2D eigenvalue weighted by atomic mass is 16.5. The Morgan fingerprint density at radius 2 is 1.74 bits per heavy atom. The molecule has 1 aliphatic heterocycles. The number of aromatic nitrogens is 2. The molecule has 10 heteroatoms. The molecule has 246 valence electrons. The maximum absolute atomic E-state index is 13.5. The lowest BCUT2D eigenvalue weighted by atomic mass is 10.1. The van der Waals surface area contributed by atoms with Crippen LogP contribution in [0.15, 0.2) is 66.9 Å². The zero-order valence-electron chi connectivity index (χ0n) is 27.4. The van der Waals surface area contributed by atoms with Crippen LogP contribution in [0.1, 0.15) is 58.3 Å². The molecule has 0 bridgehead atoms. The average Bonchev–Trinajstić information content (AvgIpc) is 3.42. The summed E-state index contributed by atoms with van der Waals surface area (Å²) in [5.41, 5.74) is 4.09. The van der Waals surface area contributed by atoms with Crippen LogP contribution in [0.4, 0.5) is 0 Å². The average molecular weight is 638 g/mol. The smallest absolute Gasteiger partial charge is 0.257 e. The van der Waals surface area contributed by atoms with Crippen molar-refractivity contribution in [2.24, 2.45) is 0 Å². The van der Waals surface area contributed by atoms with E-state index in [0.29, 0.717) is 66.9 Å². The number of nitrogens with zero attached hydrogens (tertiary/aromatic N) is 5. The summed E-state index contributed by atoms with van der Waals surface area (Å²) in [5, 5.41) is 18.8. The highest BCUT2D eigenvalue weighted by Crippen LogP contribution is 2.30. The van der Waals surface area contributed by atoms with Gasteiger partial charge < -0.3 is 28.8 Å². The van der Waals surface area contributed by atoms with E-state index in [1.165, 1.54) is 0 Å². The lowest BCUT2D eigenvalue weighted by molar-refractivity contribution is 0.0621. The number of aliphatic hydroxyl groups is 1. The fourth-order valence-electron chi connectivity index (χ4n) is 5.64. The van der Waals surface area contributed by atoms with E-state index in [1.807, 2.05) is 55.3 Å². The van der Waals surface area contributed by atoms with Gasteiger partial charge in [-0.2, -0.15) is 5.26 Å². The number of unbranched alkanes of at least 4 members (excludes halogenated alkanes) is 1. The van der Waals surface area contributed by atoms with Crippen LogP contribution < -0.4 is 14.2 Å². The second-order valence-electron chi connectivity index (χ2n) is 11.7. The topological polar surface area (TPSA) is 113 Å². The largest absolute Gasteiger partial charge is 0.492 e. The molecule has 10 nitrogen and oxygen atoms in total. The number of benzene rings is 3. The number of aryl methyl sites for hydroxylation is 2. The normalized spacial score (nSPS) is 13.3. The first-order valence-electron chi connectivity index (χ1n) is 16.2. The summed E-state index contributed by atoms with van der Waals surface area (Å²) < 4.78 is 19.9. The molecule has 2 heterocycles. The molecule has 0 aliphatic carbocycles. The lowest BCUT2D eigenvalue weighted by Crippen LogP contribution is -2.48. The molecule has 0 spiro atoms. The standard InChI is InChI=1S/C37H43N5O5/c1-4-5-19-46-36-27(2)8-6-11-34(36)37(44)41-16-14-40(15-17-41)26-31-24-39-28(3)42(31)25-29-12-13-30(23-38)35(21-29)47-33-10-7-9-32(22-33)45-20-18-43/h6-13,21-22,24,43H,4-5,14-20,25-26H2,1-3H3. The first-order chi connectivity index (χ1) is 22.9. The second-order valence-corrected chi connectivity index (χ2v) is 11.7. The second kappa shape index (κ2) is 16.1. The SMILES string of the molecule is CCCCOc1c(C)cccc1C(=O)N1CCN(Cc2cnc(C)n2Cc2ccc(C#N)c(Oc3cccc(OCCO)c3)c2)CC1. The number of hydrogen-bond donors (Lipinski definition) is 1. The van der Waals surface area contributed by atoms with E-state index >= 15 is 0 Å². The molecule has 1 amide bonds. The van der Waals surface area contributed by atoms with Crippen molar-refractivity contribution in [3.63, 3.8) is 0 Å². The fourth-order valence-corrected chi connectivity index (χ4v) is 5.64. The molecule has 0 saturated carbocycles. The Hall–Kier alpha value is -4.85. The van der Waals surface area contributed by atoms with Crippen molar-refractivity contribution in [2.75, 3.05) is 46.0 Å². The molecule has 3 aromatic carbocycles. The van der Waals surface area contributed by atoms with Gasteiger partial charge in [-0.3, -0.25) is 9.69 Å². The molecular weight excluding hydrogens is 594 g/mol. The molecule has 1 aromatic heterocycles. The number of carbonyl (C=O) groups is 1. The Morgan fingerprint density at radius 3 is 2.51 bits per heavy atom. The summed E-state index contributed by atoms with van der Waals surface area (Å²) >= 11 is 0. The van der Waals surface area contributed by atoms with Gasteiger partial charge in [0.1, 0.15) is 41.5 Å². The van der Waals surface area contributed by atoms with Gasteiger partial charge in [0, 0.05) is 51.5 Å². The molecule has 4 aromatic rings. The number of aliphatic hydroxyl groups excluding tert-OH is 1. The minimum atomic E-state index is -0.0822. The number of piperazine rings is 1. The van der Waals surface area contributed by atoms with Gasteiger partial charge in [-0.15, -0.1) is 0 Å². The number of para-hydroxylation sites is 1. The summed E-state index contributed by atoms with van der Waals surface area (Å²) in [6, 6.07) is 20.7. The summed E-state index contributed by atoms with van der Waals surface area (Å²) in [7, 11) is 0. The van der Waals surface area contributed by atoms with Crippen molar-refractivity contribution in [2.45, 2.75) is 46.7 Å². The number of rotatable bonds is 14. The summed E-state index contributed by atoms with van der Waals surface area (Å²) in [4.78, 5) is 22.4. The van der Waals surface area contributed by atoms with Gasteiger partial charge in [-0.25, -0.2) is 4.98 Å². The predicted octanol–water partition coefficient (Wildman–Crippen LogP) is 5.72. The Labute approximate surface area is 276 Å². The van der Waals surface area contributed by atoms with Crippen molar-refractivity contribution in [3.05, 3.63) is 101 Å². The maximum Gasteiger partial charge on any atom is 0.257 e. The van der Waals surface area contributed by atoms with Crippen LogP contribution in [-0.4, -0.2) is 76.4 Å². The van der Waals surface area contributed by atoms with Crippen molar-refractivity contribution in [3.8, 4) is 29.1 Å². The summed E-state index contributed by atoms with van der Waals surface area (Å²) in [5.74, 6) is 3.18. The van der Waals surface area contributed by atoms with Crippen LogP contribution in [0.2, 0.25) is 0 Å². The van der Waals surface area contributed by atoms with E-state index in [9.17, 15) is 10.1 Å². The van der Waals surface area contributed by atoms with Crippen LogP contribution in [0.5, 0.6) is 23.0 Å². The Kier molecular flexibility index (Phi) is 11.5. The van der Waals surface area contributed by atoms with E-state index < -0.39 is 0 Å². The van der Waals surface area contributed by atoms with Gasteiger partial charge >= 0.3 is 0 Å². The van der Waals surface area contributed by atoms with Crippen molar-refractivity contribution in [1.82, 2.24) is 19.4 Å². The van der Waals surface area contributed by atoms with Crippen LogP contribution in [0.25, 0.3) is 0 Å².